The van der Waals surface area contributed by atoms with Crippen molar-refractivity contribution in [2.24, 2.45) is 0 Å². The molecule has 0 fully saturated rings. The van der Waals surface area contributed by atoms with E-state index in [1.54, 1.807) is 25.2 Å². The third-order valence-electron chi connectivity index (χ3n) is 4.26. The maximum Gasteiger partial charge on any atom is 0.252 e. The van der Waals surface area contributed by atoms with Gasteiger partial charge in [0.05, 0.1) is 16.7 Å². The van der Waals surface area contributed by atoms with Gasteiger partial charge in [0.25, 0.3) is 5.91 Å². The molecule has 4 heteroatoms. The largest absolute Gasteiger partial charge is 0.388 e. The van der Waals surface area contributed by atoms with Crippen LogP contribution in [0.5, 0.6) is 0 Å². The first kappa shape index (κ1) is 14.5. The van der Waals surface area contributed by atoms with Gasteiger partial charge in [0.1, 0.15) is 0 Å². The predicted octanol–water partition coefficient (Wildman–Crippen LogP) is 2.91. The van der Waals surface area contributed by atoms with Crippen LogP contribution in [-0.4, -0.2) is 22.2 Å². The number of thiophene rings is 1. The third kappa shape index (κ3) is 2.84. The Kier molecular flexibility index (Phi) is 3.76. The molecule has 0 atom stereocenters. The van der Waals surface area contributed by atoms with Gasteiger partial charge in [0.2, 0.25) is 0 Å². The van der Waals surface area contributed by atoms with E-state index in [2.05, 4.69) is 5.32 Å². The van der Waals surface area contributed by atoms with E-state index in [4.69, 9.17) is 0 Å². The summed E-state index contributed by atoms with van der Waals surface area (Å²) in [5.74, 6) is -0.0634. The summed E-state index contributed by atoms with van der Waals surface area (Å²) in [7, 11) is 0. The predicted molar refractivity (Wildman–Crippen MR) is 78.8 cm³/mol. The molecule has 0 spiro atoms. The van der Waals surface area contributed by atoms with Crippen LogP contribution in [0, 0.1) is 0 Å². The molecule has 0 radical (unpaired) electrons. The highest BCUT2D eigenvalue weighted by Gasteiger charge is 2.37. The highest BCUT2D eigenvalue weighted by Crippen LogP contribution is 2.31. The van der Waals surface area contributed by atoms with Crippen LogP contribution >= 0.6 is 11.3 Å². The van der Waals surface area contributed by atoms with Crippen LogP contribution < -0.4 is 5.32 Å². The molecule has 1 aromatic rings. The van der Waals surface area contributed by atoms with Crippen molar-refractivity contribution in [1.29, 1.82) is 0 Å². The molecule has 1 aromatic heterocycles. The molecule has 1 aliphatic carbocycles. The maximum atomic E-state index is 12.4. The summed E-state index contributed by atoms with van der Waals surface area (Å²) < 4.78 is 0. The number of rotatable bonds is 3. The van der Waals surface area contributed by atoms with Crippen LogP contribution in [0.2, 0.25) is 0 Å². The molecule has 3 nitrogen and oxygen atoms in total. The van der Waals surface area contributed by atoms with Crippen molar-refractivity contribution in [2.45, 2.75) is 64.5 Å². The van der Waals surface area contributed by atoms with Gasteiger partial charge >= 0.3 is 0 Å². The van der Waals surface area contributed by atoms with Crippen LogP contribution in [0.25, 0.3) is 0 Å². The zero-order valence-electron chi connectivity index (χ0n) is 12.2. The van der Waals surface area contributed by atoms with Gasteiger partial charge in [-0.3, -0.25) is 4.79 Å². The molecular weight excluding hydrogens is 258 g/mol. The summed E-state index contributed by atoms with van der Waals surface area (Å²) in [5, 5.41) is 15.0. The van der Waals surface area contributed by atoms with Gasteiger partial charge in [-0.25, -0.2) is 0 Å². The lowest BCUT2D eigenvalue weighted by Gasteiger charge is -2.38. The van der Waals surface area contributed by atoms with Crippen molar-refractivity contribution in [2.75, 3.05) is 0 Å². The topological polar surface area (TPSA) is 49.3 Å². The molecule has 0 unspecified atom stereocenters. The van der Waals surface area contributed by atoms with Crippen molar-refractivity contribution in [3.05, 3.63) is 21.4 Å². The lowest BCUT2D eigenvalue weighted by molar-refractivity contribution is -0.00294. The summed E-state index contributed by atoms with van der Waals surface area (Å²) in [6, 6.07) is 0. The van der Waals surface area contributed by atoms with E-state index in [9.17, 15) is 9.90 Å². The number of aliphatic hydroxyl groups is 1. The zero-order chi connectivity index (χ0) is 14.3. The van der Waals surface area contributed by atoms with Crippen LogP contribution in [0.4, 0.5) is 0 Å². The van der Waals surface area contributed by atoms with Crippen LogP contribution in [0.15, 0.2) is 5.38 Å². The second-order valence-electron chi connectivity index (χ2n) is 6.40. The minimum absolute atomic E-state index is 0.0634. The normalized spacial score (nSPS) is 16.1. The van der Waals surface area contributed by atoms with E-state index < -0.39 is 11.1 Å². The molecular formula is C15H23NO2S. The molecule has 0 aromatic carbocycles. The van der Waals surface area contributed by atoms with E-state index >= 15 is 0 Å². The minimum Gasteiger partial charge on any atom is -0.388 e. The third-order valence-corrected chi connectivity index (χ3v) is 5.35. The van der Waals surface area contributed by atoms with Crippen molar-refractivity contribution >= 4 is 17.2 Å². The minimum atomic E-state index is -0.960. The summed E-state index contributed by atoms with van der Waals surface area (Å²) in [6.45, 7) is 7.14. The molecule has 0 saturated carbocycles. The molecule has 0 aliphatic heterocycles. The number of hydrogen-bond acceptors (Lipinski definition) is 3. The lowest BCUT2D eigenvalue weighted by Crippen LogP contribution is -2.57. The Balaban J connectivity index is 2.19. The Morgan fingerprint density at radius 3 is 2.53 bits per heavy atom. The fourth-order valence-corrected chi connectivity index (χ4v) is 3.31. The monoisotopic (exact) mass is 281 g/mol. The highest BCUT2D eigenvalue weighted by molar-refractivity contribution is 7.10. The molecule has 1 amide bonds. The van der Waals surface area contributed by atoms with Crippen LogP contribution in [-0.2, 0) is 12.8 Å². The smallest absolute Gasteiger partial charge is 0.252 e. The van der Waals surface area contributed by atoms with Crippen molar-refractivity contribution < 1.29 is 9.90 Å². The Labute approximate surface area is 119 Å². The number of fused-ring (bicyclic) bond motifs is 1. The van der Waals surface area contributed by atoms with Gasteiger partial charge in [-0.15, -0.1) is 11.3 Å². The standard InChI is InChI=1S/C15H23NO2S/c1-14(2,15(3,4)18)16-13(17)11-9-19-12-8-6-5-7-10(11)12/h9,18H,5-8H2,1-4H3,(H,16,17). The van der Waals surface area contributed by atoms with Gasteiger partial charge in [-0.05, 0) is 58.9 Å². The fraction of sp³-hybridized carbons (Fsp3) is 0.667. The molecule has 1 heterocycles. The molecule has 1 aliphatic rings. The molecule has 19 heavy (non-hydrogen) atoms. The first-order chi connectivity index (χ1) is 8.72. The Hall–Kier alpha value is -0.870. The van der Waals surface area contributed by atoms with Crippen molar-refractivity contribution in [3.8, 4) is 0 Å². The Morgan fingerprint density at radius 1 is 1.26 bits per heavy atom. The summed E-state index contributed by atoms with van der Waals surface area (Å²) in [6.07, 6.45) is 4.50. The average Bonchev–Trinajstić information content (AvgIpc) is 2.70. The Morgan fingerprint density at radius 2 is 1.89 bits per heavy atom. The first-order valence-corrected chi connectivity index (χ1v) is 7.74. The molecule has 106 valence electrons. The molecule has 2 rings (SSSR count). The highest BCUT2D eigenvalue weighted by atomic mass is 32.1. The zero-order valence-corrected chi connectivity index (χ0v) is 13.0. The number of aryl methyl sites for hydroxylation is 1. The SMILES string of the molecule is CC(C)(O)C(C)(C)NC(=O)c1csc2c1CCCC2. The number of amides is 1. The number of hydrogen-bond donors (Lipinski definition) is 2. The van der Waals surface area contributed by atoms with Crippen LogP contribution in [0.1, 0.15) is 61.3 Å². The summed E-state index contributed by atoms with van der Waals surface area (Å²) in [4.78, 5) is 13.8. The van der Waals surface area contributed by atoms with Crippen LogP contribution in [0.3, 0.4) is 0 Å². The van der Waals surface area contributed by atoms with Gasteiger partial charge in [-0.2, -0.15) is 0 Å². The van der Waals surface area contributed by atoms with E-state index in [1.165, 1.54) is 23.3 Å². The molecule has 2 N–H and O–H groups in total. The van der Waals surface area contributed by atoms with Gasteiger partial charge in [0.15, 0.2) is 0 Å². The van der Waals surface area contributed by atoms with E-state index in [-0.39, 0.29) is 5.91 Å². The van der Waals surface area contributed by atoms with Gasteiger partial charge in [0, 0.05) is 10.3 Å². The van der Waals surface area contributed by atoms with Gasteiger partial charge < -0.3 is 10.4 Å². The summed E-state index contributed by atoms with van der Waals surface area (Å²) in [5.41, 5.74) is 0.407. The first-order valence-electron chi connectivity index (χ1n) is 6.86. The maximum absolute atomic E-state index is 12.4. The number of carbonyl (C=O) groups excluding carboxylic acids is 1. The van der Waals surface area contributed by atoms with Gasteiger partial charge in [-0.1, -0.05) is 0 Å². The number of nitrogens with one attached hydrogen (secondary N) is 1. The van der Waals surface area contributed by atoms with Crippen molar-refractivity contribution in [1.82, 2.24) is 5.32 Å². The summed E-state index contributed by atoms with van der Waals surface area (Å²) >= 11 is 1.69. The lowest BCUT2D eigenvalue weighted by atomic mass is 9.85. The second kappa shape index (κ2) is 4.91. The quantitative estimate of drug-likeness (QED) is 0.895. The average molecular weight is 281 g/mol. The van der Waals surface area contributed by atoms with E-state index in [1.807, 2.05) is 19.2 Å². The van der Waals surface area contributed by atoms with E-state index in [0.29, 0.717) is 0 Å². The molecule has 0 saturated heterocycles. The van der Waals surface area contributed by atoms with Crippen molar-refractivity contribution in [3.63, 3.8) is 0 Å². The second-order valence-corrected chi connectivity index (χ2v) is 7.36. The molecule has 0 bridgehead atoms. The van der Waals surface area contributed by atoms with E-state index in [0.717, 1.165) is 18.4 Å². The Bertz CT molecular complexity index is 483. The fourth-order valence-electron chi connectivity index (χ4n) is 2.19. The number of carbonyl (C=O) groups is 1.